The summed E-state index contributed by atoms with van der Waals surface area (Å²) >= 11 is 0. The van der Waals surface area contributed by atoms with Crippen molar-refractivity contribution in [3.63, 3.8) is 0 Å². The lowest BCUT2D eigenvalue weighted by Gasteiger charge is -2.47. The van der Waals surface area contributed by atoms with Gasteiger partial charge in [-0.2, -0.15) is 0 Å². The second kappa shape index (κ2) is 11.1. The van der Waals surface area contributed by atoms with Crippen molar-refractivity contribution in [1.29, 1.82) is 0 Å². The van der Waals surface area contributed by atoms with Crippen LogP contribution in [-0.2, 0) is 25.5 Å². The summed E-state index contributed by atoms with van der Waals surface area (Å²) < 4.78 is 22.0. The van der Waals surface area contributed by atoms with Gasteiger partial charge < -0.3 is 18.9 Å². The number of fused-ring (bicyclic) bond motifs is 3. The molecule has 7 nitrogen and oxygen atoms in total. The molecule has 0 unspecified atom stereocenters. The second-order valence-corrected chi connectivity index (χ2v) is 9.59. The van der Waals surface area contributed by atoms with Crippen molar-refractivity contribution in [2.45, 2.75) is 65.2 Å². The minimum Gasteiger partial charge on any atom is -0.493 e. The molecule has 2 heterocycles. The number of carbonyl (C=O) groups excluding carboxylic acids is 2. The zero-order valence-corrected chi connectivity index (χ0v) is 20.6. The van der Waals surface area contributed by atoms with E-state index < -0.39 is 11.9 Å². The molecule has 1 saturated heterocycles. The van der Waals surface area contributed by atoms with E-state index in [0.29, 0.717) is 18.1 Å². The van der Waals surface area contributed by atoms with Crippen molar-refractivity contribution in [1.82, 2.24) is 4.90 Å². The molecule has 0 amide bonds. The first-order valence-corrected chi connectivity index (χ1v) is 11.8. The van der Waals surface area contributed by atoms with E-state index in [1.165, 1.54) is 17.2 Å². The maximum Gasteiger partial charge on any atom is 0.331 e. The summed E-state index contributed by atoms with van der Waals surface area (Å²) in [6.07, 6.45) is 4.47. The van der Waals surface area contributed by atoms with Crippen molar-refractivity contribution < 1.29 is 28.5 Å². The van der Waals surface area contributed by atoms with E-state index in [2.05, 4.69) is 30.9 Å². The van der Waals surface area contributed by atoms with Gasteiger partial charge in [-0.15, -0.1) is 0 Å². The Balaban J connectivity index is 1.80. The summed E-state index contributed by atoms with van der Waals surface area (Å²) in [6.45, 7) is 9.74. The molecular weight excluding hydrogens is 422 g/mol. The predicted molar refractivity (Wildman–Crippen MR) is 125 cm³/mol. The van der Waals surface area contributed by atoms with E-state index in [1.807, 2.05) is 0 Å². The molecule has 0 saturated carbocycles. The summed E-state index contributed by atoms with van der Waals surface area (Å²) in [5, 5.41) is 0. The average Bonchev–Trinajstić information content (AvgIpc) is 2.76. The number of rotatable bonds is 8. The minimum atomic E-state index is -0.544. The highest BCUT2D eigenvalue weighted by molar-refractivity contribution is 5.91. The number of methoxy groups -OCH3 is 2. The quantitative estimate of drug-likeness (QED) is 0.428. The normalized spacial score (nSPS) is 22.7. The van der Waals surface area contributed by atoms with Crippen LogP contribution in [0.25, 0.3) is 0 Å². The van der Waals surface area contributed by atoms with Crippen LogP contribution in [0.3, 0.4) is 0 Å². The molecule has 0 aliphatic carbocycles. The molecule has 0 radical (unpaired) electrons. The third kappa shape index (κ3) is 6.28. The van der Waals surface area contributed by atoms with E-state index >= 15 is 0 Å². The summed E-state index contributed by atoms with van der Waals surface area (Å²) in [5.74, 6) is 1.12. The van der Waals surface area contributed by atoms with Gasteiger partial charge >= 0.3 is 11.9 Å². The van der Waals surface area contributed by atoms with Crippen molar-refractivity contribution in [2.24, 2.45) is 11.8 Å². The van der Waals surface area contributed by atoms with E-state index in [1.54, 1.807) is 28.1 Å². The molecule has 2 aliphatic heterocycles. The Morgan fingerprint density at radius 1 is 1.06 bits per heavy atom. The van der Waals surface area contributed by atoms with Gasteiger partial charge in [0.2, 0.25) is 0 Å². The molecule has 0 bridgehead atoms. The Bertz CT molecular complexity index is 878. The molecule has 3 atom stereocenters. The van der Waals surface area contributed by atoms with Gasteiger partial charge in [0.25, 0.3) is 0 Å². The van der Waals surface area contributed by atoms with E-state index in [0.717, 1.165) is 37.8 Å². The van der Waals surface area contributed by atoms with Gasteiger partial charge in [-0.25, -0.2) is 9.59 Å². The van der Waals surface area contributed by atoms with Crippen LogP contribution in [0.4, 0.5) is 0 Å². The molecule has 0 spiro atoms. The highest BCUT2D eigenvalue weighted by atomic mass is 16.5. The van der Waals surface area contributed by atoms with Gasteiger partial charge in [0.05, 0.1) is 20.3 Å². The lowest BCUT2D eigenvalue weighted by atomic mass is 9.79. The smallest absolute Gasteiger partial charge is 0.331 e. The fraction of sp³-hybridized carbons (Fsp3) is 0.615. The van der Waals surface area contributed by atoms with E-state index in [-0.39, 0.29) is 24.2 Å². The monoisotopic (exact) mass is 459 g/mol. The summed E-state index contributed by atoms with van der Waals surface area (Å²) in [7, 11) is 3.29. The largest absolute Gasteiger partial charge is 0.493 e. The summed E-state index contributed by atoms with van der Waals surface area (Å²) in [5.41, 5.74) is 2.46. The van der Waals surface area contributed by atoms with E-state index in [9.17, 15) is 9.59 Å². The standard InChI is InChI=1S/C26H37NO6/c1-16(2)11-19-15-27-10-9-18-12-23(30-5)24(31-6)13-20(18)21(27)14-22(19)33-26(29)8-7-25(28)32-17(3)4/h7-8,12-13,16-17,19,21-22H,9-11,14-15H2,1-6H3/b8-7-/t19-,21-,22-/m1/s1. The van der Waals surface area contributed by atoms with Crippen LogP contribution in [0.2, 0.25) is 0 Å². The molecule has 1 fully saturated rings. The molecule has 0 N–H and O–H groups in total. The van der Waals surface area contributed by atoms with Crippen LogP contribution in [0, 0.1) is 11.8 Å². The third-order valence-corrected chi connectivity index (χ3v) is 6.31. The first-order chi connectivity index (χ1) is 15.7. The van der Waals surface area contributed by atoms with E-state index in [4.69, 9.17) is 18.9 Å². The number of nitrogens with zero attached hydrogens (tertiary/aromatic N) is 1. The molecule has 7 heteroatoms. The molecule has 33 heavy (non-hydrogen) atoms. The molecule has 3 rings (SSSR count). The zero-order chi connectivity index (χ0) is 24.1. The third-order valence-electron chi connectivity index (χ3n) is 6.31. The van der Waals surface area contributed by atoms with Crippen LogP contribution in [0.1, 0.15) is 57.7 Å². The molecule has 2 aliphatic rings. The van der Waals surface area contributed by atoms with Gasteiger partial charge in [-0.05, 0) is 55.9 Å². The Labute approximate surface area is 197 Å². The van der Waals surface area contributed by atoms with Crippen molar-refractivity contribution >= 4 is 11.9 Å². The number of benzene rings is 1. The fourth-order valence-electron chi connectivity index (χ4n) is 4.98. The number of esters is 2. The number of hydrogen-bond donors (Lipinski definition) is 0. The maximum atomic E-state index is 12.6. The Morgan fingerprint density at radius 2 is 1.73 bits per heavy atom. The first kappa shape index (κ1) is 25.1. The van der Waals surface area contributed by atoms with Crippen molar-refractivity contribution in [3.05, 3.63) is 35.4 Å². The number of carbonyl (C=O) groups is 2. The van der Waals surface area contributed by atoms with Gasteiger partial charge in [0.15, 0.2) is 11.5 Å². The molecule has 0 aromatic heterocycles. The molecular formula is C26H37NO6. The zero-order valence-electron chi connectivity index (χ0n) is 20.6. The highest BCUT2D eigenvalue weighted by Gasteiger charge is 2.41. The van der Waals surface area contributed by atoms with Crippen molar-refractivity contribution in [3.8, 4) is 11.5 Å². The van der Waals surface area contributed by atoms with Crippen LogP contribution in [0.5, 0.6) is 11.5 Å². The Morgan fingerprint density at radius 3 is 2.36 bits per heavy atom. The van der Waals surface area contributed by atoms with Crippen LogP contribution in [-0.4, -0.2) is 56.4 Å². The fourth-order valence-corrected chi connectivity index (χ4v) is 4.98. The average molecular weight is 460 g/mol. The van der Waals surface area contributed by atoms with Crippen LogP contribution >= 0.6 is 0 Å². The van der Waals surface area contributed by atoms with Crippen LogP contribution in [0.15, 0.2) is 24.3 Å². The molecule has 1 aromatic rings. The van der Waals surface area contributed by atoms with Gasteiger partial charge in [0, 0.05) is 43.6 Å². The Hall–Kier alpha value is -2.54. The second-order valence-electron chi connectivity index (χ2n) is 9.59. The summed E-state index contributed by atoms with van der Waals surface area (Å²) in [4.78, 5) is 26.8. The number of hydrogen-bond acceptors (Lipinski definition) is 7. The predicted octanol–water partition coefficient (Wildman–Crippen LogP) is 4.09. The highest BCUT2D eigenvalue weighted by Crippen LogP contribution is 2.44. The molecule has 182 valence electrons. The summed E-state index contributed by atoms with van der Waals surface area (Å²) in [6, 6.07) is 4.27. The first-order valence-electron chi connectivity index (χ1n) is 11.8. The Kier molecular flexibility index (Phi) is 8.40. The SMILES string of the molecule is COc1cc2c(cc1OC)[C@H]1C[C@@H](OC(=O)/C=C\C(=O)OC(C)C)[C@H](CC(C)C)CN1CC2. The number of ether oxygens (including phenoxy) is 4. The lowest BCUT2D eigenvalue weighted by Crippen LogP contribution is -2.49. The minimum absolute atomic E-state index is 0.143. The lowest BCUT2D eigenvalue weighted by molar-refractivity contribution is -0.152. The topological polar surface area (TPSA) is 74.3 Å². The maximum absolute atomic E-state index is 12.6. The van der Waals surface area contributed by atoms with Crippen LogP contribution < -0.4 is 9.47 Å². The van der Waals surface area contributed by atoms with Gasteiger partial charge in [-0.1, -0.05) is 13.8 Å². The van der Waals surface area contributed by atoms with Gasteiger partial charge in [0.1, 0.15) is 6.10 Å². The van der Waals surface area contributed by atoms with Gasteiger partial charge in [-0.3, -0.25) is 4.90 Å². The molecule has 1 aromatic carbocycles. The van der Waals surface area contributed by atoms with Crippen molar-refractivity contribution in [2.75, 3.05) is 27.3 Å². The number of piperidine rings is 1.